The van der Waals surface area contributed by atoms with Crippen molar-refractivity contribution in [2.45, 2.75) is 13.8 Å². The van der Waals surface area contributed by atoms with Gasteiger partial charge in [0.25, 0.3) is 0 Å². The van der Waals surface area contributed by atoms with E-state index >= 15 is 0 Å². The van der Waals surface area contributed by atoms with Crippen LogP contribution in [0.5, 0.6) is 0 Å². The first-order valence-corrected chi connectivity index (χ1v) is 10.5. The Morgan fingerprint density at radius 1 is 1.41 bits per heavy atom. The van der Waals surface area contributed by atoms with Gasteiger partial charge >= 0.3 is 0 Å². The van der Waals surface area contributed by atoms with Crippen LogP contribution >= 0.6 is 15.9 Å². The molecule has 2 N–H and O–H groups in total. The van der Waals surface area contributed by atoms with Crippen LogP contribution in [0.3, 0.4) is 0 Å². The van der Waals surface area contributed by atoms with Gasteiger partial charge in [-0.1, -0.05) is 32.6 Å². The van der Waals surface area contributed by atoms with Gasteiger partial charge in [0.15, 0.2) is 5.65 Å². The molecule has 29 heavy (non-hydrogen) atoms. The fourth-order valence-electron chi connectivity index (χ4n) is 4.19. The average molecular weight is 461 g/mol. The van der Waals surface area contributed by atoms with E-state index < -0.39 is 0 Å². The maximum Gasteiger partial charge on any atom is 0.173 e. The summed E-state index contributed by atoms with van der Waals surface area (Å²) in [4.78, 5) is 11.4. The number of hydrogen-bond acceptors (Lipinski definition) is 6. The molecule has 2 unspecified atom stereocenters. The molecular weight excluding hydrogens is 432 g/mol. The number of piperidine rings is 1. The van der Waals surface area contributed by atoms with E-state index in [0.717, 1.165) is 59.4 Å². The summed E-state index contributed by atoms with van der Waals surface area (Å²) in [6.07, 6.45) is 7.35. The Kier molecular flexibility index (Phi) is 6.43. The number of rotatable bonds is 6. The Balaban J connectivity index is 0.00000117. The normalized spacial score (nSPS) is 22.4. The molecule has 1 saturated heterocycles. The molecule has 2 atom stereocenters. The predicted octanol–water partition coefficient (Wildman–Crippen LogP) is 3.42. The fraction of sp³-hybridized carbons (Fsp3) is 0.476. The number of aliphatic hydroxyl groups is 1. The molecule has 2 aliphatic rings. The molecule has 4 rings (SSSR count). The topological polar surface area (TPSA) is 78.1 Å². The van der Waals surface area contributed by atoms with E-state index in [1.54, 1.807) is 19.3 Å². The van der Waals surface area contributed by atoms with Gasteiger partial charge in [-0.15, -0.1) is 0 Å². The van der Waals surface area contributed by atoms with E-state index in [1.165, 1.54) is 0 Å². The van der Waals surface area contributed by atoms with Crippen molar-refractivity contribution in [3.05, 3.63) is 41.0 Å². The molecule has 0 bridgehead atoms. The van der Waals surface area contributed by atoms with Gasteiger partial charge < -0.3 is 15.3 Å². The summed E-state index contributed by atoms with van der Waals surface area (Å²) in [5, 5.41) is 14.9. The summed E-state index contributed by atoms with van der Waals surface area (Å²) >= 11 is 3.57. The zero-order valence-electron chi connectivity index (χ0n) is 17.4. The van der Waals surface area contributed by atoms with Gasteiger partial charge in [-0.05, 0) is 38.8 Å². The van der Waals surface area contributed by atoms with Crippen molar-refractivity contribution >= 4 is 39.4 Å². The second-order valence-corrected chi connectivity index (χ2v) is 8.74. The lowest BCUT2D eigenvalue weighted by Gasteiger charge is -2.24. The van der Waals surface area contributed by atoms with Crippen molar-refractivity contribution in [2.24, 2.45) is 22.2 Å². The van der Waals surface area contributed by atoms with Crippen LogP contribution in [0.25, 0.3) is 5.65 Å². The van der Waals surface area contributed by atoms with Crippen molar-refractivity contribution in [1.29, 1.82) is 0 Å². The molecule has 1 aliphatic heterocycles. The largest absolute Gasteiger partial charge is 0.400 e. The first-order valence-electron chi connectivity index (χ1n) is 9.67. The summed E-state index contributed by atoms with van der Waals surface area (Å²) in [5.74, 6) is 3.49. The van der Waals surface area contributed by atoms with Gasteiger partial charge in [-0.3, -0.25) is 4.99 Å². The molecule has 156 valence electrons. The zero-order valence-corrected chi connectivity index (χ0v) is 19.0. The van der Waals surface area contributed by atoms with E-state index in [1.807, 2.05) is 16.8 Å². The van der Waals surface area contributed by atoms with Crippen LogP contribution in [-0.2, 0) is 0 Å². The molecule has 2 aromatic heterocycles. The lowest BCUT2D eigenvalue weighted by atomic mass is 10.1. The molecule has 0 amide bonds. The van der Waals surface area contributed by atoms with Crippen LogP contribution in [-0.4, -0.2) is 59.7 Å². The smallest absolute Gasteiger partial charge is 0.173 e. The first kappa shape index (κ1) is 21.5. The fourth-order valence-corrected chi connectivity index (χ4v) is 4.54. The van der Waals surface area contributed by atoms with Gasteiger partial charge in [0.05, 0.1) is 10.7 Å². The van der Waals surface area contributed by atoms with Crippen molar-refractivity contribution in [3.8, 4) is 0 Å². The highest BCUT2D eigenvalue weighted by molar-refractivity contribution is 9.10. The summed E-state index contributed by atoms with van der Waals surface area (Å²) in [6.45, 7) is 11.3. The lowest BCUT2D eigenvalue weighted by molar-refractivity contribution is 0.399. The van der Waals surface area contributed by atoms with Crippen LogP contribution in [0.4, 0.5) is 11.6 Å². The third kappa shape index (κ3) is 4.09. The van der Waals surface area contributed by atoms with Crippen molar-refractivity contribution in [3.63, 3.8) is 0 Å². The van der Waals surface area contributed by atoms with E-state index in [2.05, 4.69) is 62.7 Å². The minimum atomic E-state index is 0.489. The number of fused-ring (bicyclic) bond motifs is 2. The number of allylic oxidation sites excluding steroid dienone is 2. The van der Waals surface area contributed by atoms with E-state index in [0.29, 0.717) is 12.0 Å². The highest BCUT2D eigenvalue weighted by Gasteiger charge is 2.62. The predicted molar refractivity (Wildman–Crippen MR) is 123 cm³/mol. The van der Waals surface area contributed by atoms with Crippen LogP contribution in [0, 0.1) is 17.3 Å². The third-order valence-electron chi connectivity index (χ3n) is 5.96. The van der Waals surface area contributed by atoms with Crippen molar-refractivity contribution in [1.82, 2.24) is 14.6 Å². The van der Waals surface area contributed by atoms with E-state index in [9.17, 15) is 0 Å². The quantitative estimate of drug-likeness (QED) is 0.509. The van der Waals surface area contributed by atoms with Gasteiger partial charge in [-0.2, -0.15) is 9.61 Å². The average Bonchev–Trinajstić information content (AvgIpc) is 3.11. The number of aromatic nitrogens is 3. The van der Waals surface area contributed by atoms with E-state index in [4.69, 9.17) is 10.1 Å². The molecule has 1 aliphatic carbocycles. The summed E-state index contributed by atoms with van der Waals surface area (Å²) in [6, 6.07) is 2.10. The highest BCUT2D eigenvalue weighted by atomic mass is 79.9. The molecule has 0 spiro atoms. The molecular formula is C21H29BrN6O. The summed E-state index contributed by atoms with van der Waals surface area (Å²) in [5.41, 5.74) is 2.37. The molecule has 2 aromatic rings. The molecule has 1 saturated carbocycles. The molecule has 2 fully saturated rings. The molecule has 3 heterocycles. The van der Waals surface area contributed by atoms with Crippen LogP contribution in [0.2, 0.25) is 0 Å². The van der Waals surface area contributed by atoms with Gasteiger partial charge in [0.1, 0.15) is 11.6 Å². The highest BCUT2D eigenvalue weighted by Crippen LogP contribution is 2.62. The van der Waals surface area contributed by atoms with E-state index in [-0.39, 0.29) is 0 Å². The number of hydrogen-bond donors (Lipinski definition) is 2. The number of anilines is 2. The van der Waals surface area contributed by atoms with Crippen LogP contribution in [0.1, 0.15) is 13.8 Å². The monoisotopic (exact) mass is 460 g/mol. The molecule has 0 radical (unpaired) electrons. The Morgan fingerprint density at radius 2 is 2.10 bits per heavy atom. The molecule has 8 heteroatoms. The standard InChI is InChI=1S/C20H25BrN6.CH4O/c1-5-6-13(8-22-4)9-23-17-7-18(25-19-16(21)10-24-27(17)19)26-11-14-15(12-26)20(14,2)3;1-2/h5-8,10,14-15,23H,1,9,11-12H2,2-4H3;2H,1H3/b13-6+,22-8?;. The van der Waals surface area contributed by atoms with Crippen molar-refractivity contribution in [2.75, 3.05) is 44.0 Å². The Morgan fingerprint density at radius 3 is 2.72 bits per heavy atom. The first-order chi connectivity index (χ1) is 14.0. The number of aliphatic hydroxyl groups excluding tert-OH is 1. The SMILES string of the molecule is C=C/C=C(\C=NC)CNc1cc(N2CC3C(C2)C3(C)C)nc2c(Br)cnn12.CO. The minimum absolute atomic E-state index is 0.489. The lowest BCUT2D eigenvalue weighted by Crippen LogP contribution is -2.27. The van der Waals surface area contributed by atoms with Gasteiger partial charge in [-0.25, -0.2) is 4.98 Å². The maximum atomic E-state index is 7.00. The van der Waals surface area contributed by atoms with Crippen molar-refractivity contribution < 1.29 is 5.11 Å². The molecule has 7 nitrogen and oxygen atoms in total. The second-order valence-electron chi connectivity index (χ2n) is 7.88. The Hall–Kier alpha value is -2.19. The second kappa shape index (κ2) is 8.67. The van der Waals surface area contributed by atoms with Crippen LogP contribution in [0.15, 0.2) is 46.0 Å². The summed E-state index contributed by atoms with van der Waals surface area (Å²) in [7, 11) is 2.77. The summed E-state index contributed by atoms with van der Waals surface area (Å²) < 4.78 is 2.73. The maximum absolute atomic E-state index is 7.00. The zero-order chi connectivity index (χ0) is 21.2. The Bertz CT molecular complexity index is 934. The number of nitrogens with zero attached hydrogens (tertiary/aromatic N) is 5. The Labute approximate surface area is 180 Å². The molecule has 0 aromatic carbocycles. The number of halogens is 1. The van der Waals surface area contributed by atoms with Gasteiger partial charge in [0, 0.05) is 46.1 Å². The van der Waals surface area contributed by atoms with Gasteiger partial charge in [0.2, 0.25) is 0 Å². The number of nitrogens with one attached hydrogen (secondary N) is 1. The minimum Gasteiger partial charge on any atom is -0.400 e. The van der Waals surface area contributed by atoms with Crippen LogP contribution < -0.4 is 10.2 Å². The third-order valence-corrected chi connectivity index (χ3v) is 6.52. The number of aliphatic imine (C=N–C) groups is 1.